The highest BCUT2D eigenvalue weighted by molar-refractivity contribution is 14.0. The predicted octanol–water partition coefficient (Wildman–Crippen LogP) is 4.16. The molecule has 0 saturated carbocycles. The van der Waals surface area contributed by atoms with Crippen molar-refractivity contribution in [3.63, 3.8) is 0 Å². The summed E-state index contributed by atoms with van der Waals surface area (Å²) < 4.78 is 0. The molecule has 6 heteroatoms. The monoisotopic (exact) mass is 534 g/mol. The summed E-state index contributed by atoms with van der Waals surface area (Å²) in [5.74, 6) is 1.08. The van der Waals surface area contributed by atoms with Crippen molar-refractivity contribution in [2.45, 2.75) is 45.6 Å². The largest absolute Gasteiger partial charge is 0.357 e. The van der Waals surface area contributed by atoms with E-state index < -0.39 is 0 Å². The smallest absolute Gasteiger partial charge is 0.222 e. The molecule has 3 rings (SSSR count). The summed E-state index contributed by atoms with van der Waals surface area (Å²) in [5.41, 5.74) is 4.01. The molecule has 31 heavy (non-hydrogen) atoms. The Morgan fingerprint density at radius 2 is 1.74 bits per heavy atom. The van der Waals surface area contributed by atoms with Crippen LogP contribution in [0.2, 0.25) is 0 Å². The van der Waals surface area contributed by atoms with Gasteiger partial charge in [0.05, 0.1) is 0 Å². The lowest BCUT2D eigenvalue weighted by Gasteiger charge is -2.29. The van der Waals surface area contributed by atoms with Gasteiger partial charge in [-0.3, -0.25) is 9.79 Å². The van der Waals surface area contributed by atoms with Crippen molar-refractivity contribution in [1.29, 1.82) is 0 Å². The molecule has 1 aliphatic heterocycles. The molecule has 1 heterocycles. The lowest BCUT2D eigenvalue weighted by atomic mass is 9.99. The zero-order chi connectivity index (χ0) is 21.0. The first-order valence-corrected chi connectivity index (χ1v) is 11.2. The second-order valence-electron chi connectivity index (χ2n) is 7.71. The zero-order valence-corrected chi connectivity index (χ0v) is 20.8. The lowest BCUT2D eigenvalue weighted by Crippen LogP contribution is -2.39. The van der Waals surface area contributed by atoms with Crippen LogP contribution in [0.3, 0.4) is 0 Å². The van der Waals surface area contributed by atoms with E-state index in [1.165, 1.54) is 16.7 Å². The molecule has 2 aromatic rings. The Hall–Kier alpha value is -2.09. The number of nitrogens with zero attached hydrogens (tertiary/aromatic N) is 2. The van der Waals surface area contributed by atoms with E-state index >= 15 is 0 Å². The number of guanidine groups is 1. The van der Waals surface area contributed by atoms with Crippen LogP contribution in [0.5, 0.6) is 0 Å². The van der Waals surface area contributed by atoms with E-state index in [1.54, 1.807) is 0 Å². The van der Waals surface area contributed by atoms with Crippen LogP contribution in [0.4, 0.5) is 0 Å². The van der Waals surface area contributed by atoms with Gasteiger partial charge in [0.1, 0.15) is 0 Å². The number of hydrogen-bond acceptors (Lipinski definition) is 2. The second kappa shape index (κ2) is 14.1. The van der Waals surface area contributed by atoms with E-state index in [1.807, 2.05) is 11.0 Å². The molecule has 168 valence electrons. The number of carbonyl (C=O) groups excluding carboxylic acids is 1. The Labute approximate surface area is 203 Å². The molecule has 0 aromatic heterocycles. The molecule has 2 aromatic carbocycles. The maximum absolute atomic E-state index is 12.6. The van der Waals surface area contributed by atoms with Gasteiger partial charge in [-0.15, -0.1) is 24.0 Å². The van der Waals surface area contributed by atoms with Crippen LogP contribution < -0.4 is 10.6 Å². The molecule has 0 aliphatic carbocycles. The fraction of sp³-hybridized carbons (Fsp3) is 0.440. The summed E-state index contributed by atoms with van der Waals surface area (Å²) in [6.07, 6.45) is 4.40. The van der Waals surface area contributed by atoms with Gasteiger partial charge in [-0.2, -0.15) is 0 Å². The van der Waals surface area contributed by atoms with Crippen molar-refractivity contribution >= 4 is 35.8 Å². The quantitative estimate of drug-likeness (QED) is 0.220. The third kappa shape index (κ3) is 8.51. The highest BCUT2D eigenvalue weighted by atomic mass is 127. The molecule has 1 amide bonds. The number of aryl methyl sites for hydroxylation is 1. The van der Waals surface area contributed by atoms with Crippen molar-refractivity contribution in [2.75, 3.05) is 26.2 Å². The summed E-state index contributed by atoms with van der Waals surface area (Å²) in [6.45, 7) is 6.01. The minimum atomic E-state index is 0. The minimum absolute atomic E-state index is 0. The molecule has 0 radical (unpaired) electrons. The Morgan fingerprint density at radius 3 is 2.52 bits per heavy atom. The summed E-state index contributed by atoms with van der Waals surface area (Å²) in [5, 5.41) is 6.65. The van der Waals surface area contributed by atoms with Gasteiger partial charge in [-0.25, -0.2) is 0 Å². The maximum atomic E-state index is 12.6. The van der Waals surface area contributed by atoms with E-state index in [4.69, 9.17) is 0 Å². The van der Waals surface area contributed by atoms with Gasteiger partial charge >= 0.3 is 0 Å². The van der Waals surface area contributed by atoms with Gasteiger partial charge in [0.25, 0.3) is 0 Å². The third-order valence-corrected chi connectivity index (χ3v) is 5.42. The van der Waals surface area contributed by atoms with E-state index in [0.717, 1.165) is 64.4 Å². The summed E-state index contributed by atoms with van der Waals surface area (Å²) in [4.78, 5) is 19.2. The summed E-state index contributed by atoms with van der Waals surface area (Å²) in [6, 6.07) is 18.9. The average Bonchev–Trinajstić information content (AvgIpc) is 2.79. The molecule has 1 aliphatic rings. The van der Waals surface area contributed by atoms with Crippen molar-refractivity contribution in [1.82, 2.24) is 15.5 Å². The van der Waals surface area contributed by atoms with Crippen LogP contribution >= 0.6 is 24.0 Å². The molecule has 0 saturated heterocycles. The number of amides is 1. The van der Waals surface area contributed by atoms with Gasteiger partial charge < -0.3 is 15.5 Å². The normalized spacial score (nSPS) is 13.2. The molecule has 0 bridgehead atoms. The summed E-state index contributed by atoms with van der Waals surface area (Å²) >= 11 is 0. The van der Waals surface area contributed by atoms with Crippen molar-refractivity contribution in [2.24, 2.45) is 4.99 Å². The van der Waals surface area contributed by atoms with Gasteiger partial charge in [-0.05, 0) is 49.3 Å². The standard InChI is InChI=1S/C25H34N4O.HI/c1-2-26-25(27-17-8-12-21-10-4-3-5-11-21)28-18-9-15-24(30)29-19-16-22-13-6-7-14-23(22)20-29;/h3-7,10-11,13-14H,2,8-9,12,15-20H2,1H3,(H2,26,27,28);1H. The van der Waals surface area contributed by atoms with E-state index in [9.17, 15) is 4.79 Å². The van der Waals surface area contributed by atoms with E-state index in [0.29, 0.717) is 6.42 Å². The number of halogens is 1. The predicted molar refractivity (Wildman–Crippen MR) is 139 cm³/mol. The molecule has 0 spiro atoms. The minimum Gasteiger partial charge on any atom is -0.357 e. The molecule has 0 atom stereocenters. The topological polar surface area (TPSA) is 56.7 Å². The van der Waals surface area contributed by atoms with Crippen LogP contribution in [0.25, 0.3) is 0 Å². The number of hydrogen-bond donors (Lipinski definition) is 2. The summed E-state index contributed by atoms with van der Waals surface area (Å²) in [7, 11) is 0. The lowest BCUT2D eigenvalue weighted by molar-refractivity contribution is -0.132. The molecule has 0 fully saturated rings. The number of fused-ring (bicyclic) bond motifs is 1. The Morgan fingerprint density at radius 1 is 1.00 bits per heavy atom. The Kier molecular flexibility index (Phi) is 11.4. The van der Waals surface area contributed by atoms with Crippen LogP contribution in [-0.2, 0) is 24.2 Å². The van der Waals surface area contributed by atoms with Crippen LogP contribution in [-0.4, -0.2) is 42.9 Å². The van der Waals surface area contributed by atoms with E-state index in [2.05, 4.69) is 71.1 Å². The van der Waals surface area contributed by atoms with Crippen molar-refractivity contribution in [3.05, 3.63) is 71.3 Å². The highest BCUT2D eigenvalue weighted by Gasteiger charge is 2.19. The van der Waals surface area contributed by atoms with E-state index in [-0.39, 0.29) is 29.9 Å². The van der Waals surface area contributed by atoms with Crippen LogP contribution in [0, 0.1) is 0 Å². The Balaban J connectivity index is 0.00000341. The van der Waals surface area contributed by atoms with Crippen molar-refractivity contribution < 1.29 is 4.79 Å². The average molecular weight is 534 g/mol. The molecule has 0 unspecified atom stereocenters. The van der Waals surface area contributed by atoms with Gasteiger partial charge in [0, 0.05) is 39.1 Å². The fourth-order valence-corrected chi connectivity index (χ4v) is 3.77. The first-order valence-electron chi connectivity index (χ1n) is 11.2. The number of rotatable bonds is 9. The number of aliphatic imine (C=N–C) groups is 1. The van der Waals surface area contributed by atoms with Gasteiger partial charge in [0.15, 0.2) is 5.96 Å². The number of nitrogens with one attached hydrogen (secondary N) is 2. The first kappa shape index (κ1) is 25.2. The third-order valence-electron chi connectivity index (χ3n) is 5.42. The Bertz CT molecular complexity index is 825. The highest BCUT2D eigenvalue weighted by Crippen LogP contribution is 2.19. The van der Waals surface area contributed by atoms with Crippen LogP contribution in [0.1, 0.15) is 42.9 Å². The first-order chi connectivity index (χ1) is 14.8. The molecular weight excluding hydrogens is 499 g/mol. The number of carbonyl (C=O) groups is 1. The SMILES string of the molecule is CCNC(=NCCCc1ccccc1)NCCCC(=O)N1CCc2ccccc2C1.I. The van der Waals surface area contributed by atoms with Crippen molar-refractivity contribution in [3.8, 4) is 0 Å². The number of benzene rings is 2. The van der Waals surface area contributed by atoms with Gasteiger partial charge in [0.2, 0.25) is 5.91 Å². The fourth-order valence-electron chi connectivity index (χ4n) is 3.77. The zero-order valence-electron chi connectivity index (χ0n) is 18.5. The molecule has 2 N–H and O–H groups in total. The molecule has 5 nitrogen and oxygen atoms in total. The molecular formula is C25H35IN4O. The van der Waals surface area contributed by atoms with Crippen LogP contribution in [0.15, 0.2) is 59.6 Å². The maximum Gasteiger partial charge on any atom is 0.222 e. The second-order valence-corrected chi connectivity index (χ2v) is 7.71. The van der Waals surface area contributed by atoms with Gasteiger partial charge in [-0.1, -0.05) is 54.6 Å².